The number of aromatic nitrogens is 3. The first-order chi connectivity index (χ1) is 22.0. The van der Waals surface area contributed by atoms with Crippen LogP contribution in [0.25, 0.3) is 16.6 Å². The van der Waals surface area contributed by atoms with Crippen LogP contribution < -0.4 is 24.9 Å². The number of likely N-dealkylation sites (N-methyl/N-ethyl adjacent to an activating group) is 1. The molecule has 240 valence electrons. The average molecular weight is 648 g/mol. The predicted octanol–water partition coefficient (Wildman–Crippen LogP) is 4.13. The Bertz CT molecular complexity index is 1890. The Kier molecular flexibility index (Phi) is 7.51. The highest BCUT2D eigenvalue weighted by molar-refractivity contribution is 6.31. The van der Waals surface area contributed by atoms with E-state index >= 15 is 4.39 Å². The summed E-state index contributed by atoms with van der Waals surface area (Å²) in [5, 5.41) is 10.2. The summed E-state index contributed by atoms with van der Waals surface area (Å²) in [5.41, 5.74) is 0.106. The molecule has 4 aromatic rings. The van der Waals surface area contributed by atoms with Crippen molar-refractivity contribution >= 4 is 45.8 Å². The van der Waals surface area contributed by atoms with Crippen LogP contribution in [0.3, 0.4) is 0 Å². The number of ether oxygens (including phenoxy) is 1. The fourth-order valence-electron chi connectivity index (χ4n) is 6.60. The second-order valence-corrected chi connectivity index (χ2v) is 13.2. The quantitative estimate of drug-likeness (QED) is 0.285. The van der Waals surface area contributed by atoms with Crippen LogP contribution in [0.4, 0.5) is 21.7 Å². The summed E-state index contributed by atoms with van der Waals surface area (Å²) in [7, 11) is 7.86. The van der Waals surface area contributed by atoms with E-state index in [1.54, 1.807) is 29.0 Å². The Morgan fingerprint density at radius 1 is 1.13 bits per heavy atom. The van der Waals surface area contributed by atoms with Crippen molar-refractivity contribution in [2.75, 3.05) is 62.6 Å². The number of carboxylic acid groups (broad SMARTS) is 1. The molecule has 1 saturated carbocycles. The van der Waals surface area contributed by atoms with Crippen LogP contribution in [0.1, 0.15) is 23.2 Å². The molecule has 5 heterocycles. The van der Waals surface area contributed by atoms with Gasteiger partial charge in [0.05, 0.1) is 29.1 Å². The number of piperidine rings is 1. The molecular formula is C33H35ClFN7O4. The van der Waals surface area contributed by atoms with Gasteiger partial charge >= 0.3 is 5.97 Å². The Hall–Kier alpha value is -4.42. The van der Waals surface area contributed by atoms with E-state index < -0.39 is 22.8 Å². The summed E-state index contributed by atoms with van der Waals surface area (Å²) < 4.78 is 23.7. The van der Waals surface area contributed by atoms with Gasteiger partial charge in [-0.15, -0.1) is 0 Å². The number of hydrogen-bond acceptors (Lipinski definition) is 9. The lowest BCUT2D eigenvalue weighted by atomic mass is 10.1. The number of hydrogen-bond donors (Lipinski definition) is 1. The van der Waals surface area contributed by atoms with Gasteiger partial charge in [0, 0.05) is 50.9 Å². The highest BCUT2D eigenvalue weighted by atomic mass is 35.5. The summed E-state index contributed by atoms with van der Waals surface area (Å²) in [5.74, 6) is 0.255. The lowest BCUT2D eigenvalue weighted by molar-refractivity contribution is 0.0695. The maximum Gasteiger partial charge on any atom is 0.341 e. The van der Waals surface area contributed by atoms with Crippen LogP contribution >= 0.6 is 11.6 Å². The molecule has 0 bridgehead atoms. The van der Waals surface area contributed by atoms with Crippen LogP contribution in [0.15, 0.2) is 53.6 Å². The molecule has 11 nitrogen and oxygen atoms in total. The average Bonchev–Trinajstić information content (AvgIpc) is 3.66. The smallest absolute Gasteiger partial charge is 0.341 e. The van der Waals surface area contributed by atoms with Crippen LogP contribution in [-0.2, 0) is 0 Å². The van der Waals surface area contributed by atoms with E-state index in [0.29, 0.717) is 45.6 Å². The van der Waals surface area contributed by atoms with E-state index in [2.05, 4.69) is 33.9 Å². The molecule has 0 amide bonds. The lowest BCUT2D eigenvalue weighted by Gasteiger charge is -2.43. The van der Waals surface area contributed by atoms with E-state index in [1.165, 1.54) is 6.20 Å². The number of halogens is 2. The fourth-order valence-corrected chi connectivity index (χ4v) is 6.76. The normalized spacial score (nSPS) is 20.6. The minimum Gasteiger partial charge on any atom is -0.477 e. The summed E-state index contributed by atoms with van der Waals surface area (Å²) in [6.07, 6.45) is 4.70. The van der Waals surface area contributed by atoms with Crippen molar-refractivity contribution in [3.8, 4) is 11.6 Å². The first-order valence-corrected chi connectivity index (χ1v) is 15.6. The Labute approximate surface area is 270 Å². The monoisotopic (exact) mass is 647 g/mol. The van der Waals surface area contributed by atoms with Gasteiger partial charge in [0.25, 0.3) is 0 Å². The number of anilines is 3. The van der Waals surface area contributed by atoms with E-state index in [9.17, 15) is 14.7 Å². The van der Waals surface area contributed by atoms with Gasteiger partial charge in [0.15, 0.2) is 0 Å². The summed E-state index contributed by atoms with van der Waals surface area (Å²) >= 11 is 6.39. The van der Waals surface area contributed by atoms with Crippen molar-refractivity contribution < 1.29 is 19.0 Å². The van der Waals surface area contributed by atoms with Crippen LogP contribution in [0, 0.1) is 11.7 Å². The molecule has 13 heteroatoms. The Morgan fingerprint density at radius 3 is 2.59 bits per heavy atom. The van der Waals surface area contributed by atoms with E-state index in [4.69, 9.17) is 16.3 Å². The van der Waals surface area contributed by atoms with Crippen molar-refractivity contribution in [1.29, 1.82) is 0 Å². The van der Waals surface area contributed by atoms with Crippen molar-refractivity contribution in [2.45, 2.75) is 31.0 Å². The largest absolute Gasteiger partial charge is 0.477 e. The SMILES string of the molecule is CN(C)c1ccc(Cl)c(OC[C@H]2C[C@H]3C[C@H]3N2c2cc3c(cc2F)c(=O)c(C(=O)O)cn3-c2ccc(N3CC(N(C)C)C3)nc2)n1. The predicted molar refractivity (Wildman–Crippen MR) is 176 cm³/mol. The van der Waals surface area contributed by atoms with Gasteiger partial charge in [-0.3, -0.25) is 4.79 Å². The Morgan fingerprint density at radius 2 is 1.91 bits per heavy atom. The summed E-state index contributed by atoms with van der Waals surface area (Å²) in [4.78, 5) is 42.7. The van der Waals surface area contributed by atoms with Gasteiger partial charge in [0.1, 0.15) is 34.6 Å². The molecule has 46 heavy (non-hydrogen) atoms. The second kappa shape index (κ2) is 11.4. The maximum atomic E-state index is 16.0. The molecule has 3 aliphatic rings. The maximum absolute atomic E-state index is 16.0. The van der Waals surface area contributed by atoms with E-state index in [1.807, 2.05) is 36.0 Å². The third-order valence-corrected chi connectivity index (χ3v) is 9.68. The zero-order valence-corrected chi connectivity index (χ0v) is 26.8. The van der Waals surface area contributed by atoms with Gasteiger partial charge in [-0.2, -0.15) is 4.98 Å². The number of carbonyl (C=O) groups is 1. The minimum atomic E-state index is -1.38. The fraction of sp³-hybridized carbons (Fsp3) is 0.394. The molecule has 3 aromatic heterocycles. The second-order valence-electron chi connectivity index (χ2n) is 12.8. The highest BCUT2D eigenvalue weighted by Gasteiger charge is 2.53. The van der Waals surface area contributed by atoms with Crippen LogP contribution in [0.5, 0.6) is 5.88 Å². The van der Waals surface area contributed by atoms with Gasteiger partial charge in [-0.05, 0) is 69.3 Å². The van der Waals surface area contributed by atoms with Gasteiger partial charge in [-0.25, -0.2) is 14.2 Å². The summed E-state index contributed by atoms with van der Waals surface area (Å²) in [6, 6.07) is 10.5. The summed E-state index contributed by atoms with van der Waals surface area (Å²) in [6.45, 7) is 1.96. The standard InChI is InChI=1S/C33H35ClFN7O4/c1-38(2)21-14-40(15-21)29-7-5-19(13-36-29)41-16-23(33(44)45)31(43)22-11-25(35)28(12-27(22)41)42-20(9-18-10-26(18)42)17-46-32-24(34)6-8-30(37-32)39(3)4/h5-8,11-13,16,18,20-21,26H,9-10,14-15,17H2,1-4H3,(H,44,45)/t18-,20+,26+/m0/s1. The number of rotatable bonds is 9. The van der Waals surface area contributed by atoms with E-state index in [0.717, 1.165) is 37.8 Å². The van der Waals surface area contributed by atoms with Crippen LogP contribution in [0.2, 0.25) is 5.02 Å². The molecule has 0 unspecified atom stereocenters. The highest BCUT2D eigenvalue weighted by Crippen LogP contribution is 2.50. The van der Waals surface area contributed by atoms with Gasteiger partial charge in [0.2, 0.25) is 11.3 Å². The zero-order chi connectivity index (χ0) is 32.4. The van der Waals surface area contributed by atoms with Gasteiger partial charge < -0.3 is 34.0 Å². The molecule has 3 atom stereocenters. The number of nitrogens with zero attached hydrogens (tertiary/aromatic N) is 7. The number of fused-ring (bicyclic) bond motifs is 2. The molecule has 0 radical (unpaired) electrons. The molecule has 3 fully saturated rings. The number of benzene rings is 1. The molecule has 7 rings (SSSR count). The molecule has 1 aromatic carbocycles. The topological polar surface area (TPSA) is 107 Å². The van der Waals surface area contributed by atoms with Crippen molar-refractivity contribution in [2.24, 2.45) is 5.92 Å². The molecular weight excluding hydrogens is 613 g/mol. The van der Waals surface area contributed by atoms with Gasteiger partial charge in [-0.1, -0.05) is 11.6 Å². The van der Waals surface area contributed by atoms with Crippen LogP contribution in [-0.4, -0.2) is 96.5 Å². The van der Waals surface area contributed by atoms with Crippen molar-refractivity contribution in [3.63, 3.8) is 0 Å². The molecule has 1 aliphatic carbocycles. The Balaban J connectivity index is 1.24. The van der Waals surface area contributed by atoms with E-state index in [-0.39, 0.29) is 24.1 Å². The molecule has 0 spiro atoms. The van der Waals surface area contributed by atoms with Crippen molar-refractivity contribution in [3.05, 3.63) is 75.4 Å². The lowest BCUT2D eigenvalue weighted by Crippen LogP contribution is -2.57. The third kappa shape index (κ3) is 5.28. The number of aromatic carboxylic acids is 1. The molecule has 2 saturated heterocycles. The third-order valence-electron chi connectivity index (χ3n) is 9.39. The number of pyridine rings is 3. The van der Waals surface area contributed by atoms with Crippen molar-refractivity contribution in [1.82, 2.24) is 19.4 Å². The zero-order valence-electron chi connectivity index (χ0n) is 26.0. The number of carboxylic acids is 1. The molecule has 2 aliphatic heterocycles. The first-order valence-electron chi connectivity index (χ1n) is 15.2. The first kappa shape index (κ1) is 30.2. The minimum absolute atomic E-state index is 0.0161. The molecule has 1 N–H and O–H groups in total.